The van der Waals surface area contributed by atoms with Crippen molar-refractivity contribution in [1.82, 2.24) is 14.9 Å². The molecular formula is C27H26FN5O2S2. The Morgan fingerprint density at radius 1 is 1.00 bits per heavy atom. The number of thiocarbonyl (C=S) groups is 1. The smallest absolute Gasteiger partial charge is 0.229 e. The summed E-state index contributed by atoms with van der Waals surface area (Å²) in [6.45, 7) is 4.01. The molecule has 1 fully saturated rings. The molecule has 7 nitrogen and oxygen atoms in total. The summed E-state index contributed by atoms with van der Waals surface area (Å²) < 4.78 is 41.9. The molecule has 0 amide bonds. The van der Waals surface area contributed by atoms with Gasteiger partial charge in [-0.2, -0.15) is 0 Å². The van der Waals surface area contributed by atoms with E-state index < -0.39 is 10.0 Å². The second-order valence-electron chi connectivity index (χ2n) is 9.06. The summed E-state index contributed by atoms with van der Waals surface area (Å²) in [5.74, 6) is -0.300. The van der Waals surface area contributed by atoms with Gasteiger partial charge in [-0.25, -0.2) is 12.8 Å². The van der Waals surface area contributed by atoms with Crippen LogP contribution in [0, 0.1) is 19.7 Å². The topological polar surface area (TPSA) is 79.3 Å². The minimum absolute atomic E-state index is 0.246. The van der Waals surface area contributed by atoms with E-state index in [4.69, 9.17) is 12.2 Å². The lowest BCUT2D eigenvalue weighted by Crippen LogP contribution is -2.29. The predicted octanol–water partition coefficient (Wildman–Crippen LogP) is 5.18. The van der Waals surface area contributed by atoms with E-state index in [-0.39, 0.29) is 17.9 Å². The molecule has 2 N–H and O–H groups in total. The number of aryl methyl sites for hydroxylation is 1. The maximum atomic E-state index is 14.1. The van der Waals surface area contributed by atoms with Crippen LogP contribution >= 0.6 is 12.2 Å². The number of anilines is 2. The molecule has 0 aliphatic carbocycles. The average Bonchev–Trinajstić information content (AvgIpc) is 3.34. The van der Waals surface area contributed by atoms with E-state index >= 15 is 0 Å². The minimum Gasteiger partial charge on any atom is -0.351 e. The first-order chi connectivity index (χ1) is 17.6. The van der Waals surface area contributed by atoms with Crippen molar-refractivity contribution in [3.8, 4) is 5.69 Å². The molecule has 0 spiro atoms. The molecule has 2 aromatic heterocycles. The first-order valence-electron chi connectivity index (χ1n) is 11.7. The fourth-order valence-electron chi connectivity index (χ4n) is 4.95. The fraction of sp³-hybridized carbons (Fsp3) is 0.185. The van der Waals surface area contributed by atoms with Crippen molar-refractivity contribution in [1.29, 1.82) is 0 Å². The van der Waals surface area contributed by atoms with E-state index in [1.807, 2.05) is 59.7 Å². The van der Waals surface area contributed by atoms with Gasteiger partial charge >= 0.3 is 0 Å². The fourth-order valence-corrected chi connectivity index (χ4v) is 5.86. The number of nitrogens with zero attached hydrogens (tertiary/aromatic N) is 3. The summed E-state index contributed by atoms with van der Waals surface area (Å²) in [7, 11) is -3.39. The van der Waals surface area contributed by atoms with Gasteiger partial charge in [0, 0.05) is 34.6 Å². The van der Waals surface area contributed by atoms with Gasteiger partial charge in [0.2, 0.25) is 10.0 Å². The lowest BCUT2D eigenvalue weighted by atomic mass is 9.96. The Kier molecular flexibility index (Phi) is 6.47. The van der Waals surface area contributed by atoms with Gasteiger partial charge in [0.05, 0.1) is 24.0 Å². The van der Waals surface area contributed by atoms with Gasteiger partial charge in [0.25, 0.3) is 0 Å². The number of pyridine rings is 1. The molecule has 37 heavy (non-hydrogen) atoms. The van der Waals surface area contributed by atoms with Gasteiger partial charge in [-0.15, -0.1) is 0 Å². The van der Waals surface area contributed by atoms with Crippen LogP contribution in [0.3, 0.4) is 0 Å². The second-order valence-corrected chi connectivity index (χ2v) is 11.2. The second kappa shape index (κ2) is 9.60. The van der Waals surface area contributed by atoms with Gasteiger partial charge < -0.3 is 14.8 Å². The highest BCUT2D eigenvalue weighted by molar-refractivity contribution is 7.92. The summed E-state index contributed by atoms with van der Waals surface area (Å²) >= 11 is 5.81. The van der Waals surface area contributed by atoms with Crippen molar-refractivity contribution in [2.45, 2.75) is 25.9 Å². The highest BCUT2D eigenvalue weighted by Crippen LogP contribution is 2.44. The minimum atomic E-state index is -3.39. The molecule has 0 radical (unpaired) electrons. The largest absolute Gasteiger partial charge is 0.351 e. The van der Waals surface area contributed by atoms with Crippen molar-refractivity contribution in [3.63, 3.8) is 0 Å². The number of halogens is 1. The van der Waals surface area contributed by atoms with E-state index in [1.54, 1.807) is 24.4 Å². The monoisotopic (exact) mass is 535 g/mol. The molecule has 5 rings (SSSR count). The number of hydrogen-bond acceptors (Lipinski definition) is 4. The number of sulfonamides is 1. The van der Waals surface area contributed by atoms with Gasteiger partial charge in [-0.1, -0.05) is 12.1 Å². The van der Waals surface area contributed by atoms with Crippen LogP contribution in [0.15, 0.2) is 79.0 Å². The normalized spacial score (nSPS) is 17.6. The molecule has 10 heteroatoms. The van der Waals surface area contributed by atoms with Crippen LogP contribution in [0.2, 0.25) is 0 Å². The van der Waals surface area contributed by atoms with Crippen LogP contribution < -0.4 is 14.9 Å². The van der Waals surface area contributed by atoms with Gasteiger partial charge in [0.1, 0.15) is 5.82 Å². The molecule has 2 aromatic carbocycles. The Morgan fingerprint density at radius 2 is 1.76 bits per heavy atom. The van der Waals surface area contributed by atoms with E-state index in [0.29, 0.717) is 10.8 Å². The molecule has 3 heterocycles. The van der Waals surface area contributed by atoms with Gasteiger partial charge in [0.15, 0.2) is 5.11 Å². The Labute approximate surface area is 221 Å². The third kappa shape index (κ3) is 4.94. The molecule has 1 aliphatic rings. The highest BCUT2D eigenvalue weighted by atomic mass is 32.2. The lowest BCUT2D eigenvalue weighted by molar-refractivity contribution is 0.565. The Bertz CT molecular complexity index is 1570. The van der Waals surface area contributed by atoms with Crippen LogP contribution in [-0.2, 0) is 10.0 Å². The molecule has 4 aromatic rings. The summed E-state index contributed by atoms with van der Waals surface area (Å²) in [6, 6.07) is 21.0. The molecule has 0 unspecified atom stereocenters. The van der Waals surface area contributed by atoms with E-state index in [0.717, 1.165) is 40.3 Å². The molecule has 1 saturated heterocycles. The summed E-state index contributed by atoms with van der Waals surface area (Å²) in [6.07, 6.45) is 2.86. The van der Waals surface area contributed by atoms with E-state index in [1.165, 1.54) is 12.1 Å². The van der Waals surface area contributed by atoms with Crippen LogP contribution in [0.25, 0.3) is 5.69 Å². The summed E-state index contributed by atoms with van der Waals surface area (Å²) in [5, 5.41) is 3.97. The van der Waals surface area contributed by atoms with Crippen molar-refractivity contribution in [3.05, 3.63) is 107 Å². The van der Waals surface area contributed by atoms with Crippen molar-refractivity contribution in [2.24, 2.45) is 0 Å². The molecule has 0 bridgehead atoms. The van der Waals surface area contributed by atoms with Crippen molar-refractivity contribution < 1.29 is 12.8 Å². The molecule has 190 valence electrons. The average molecular weight is 536 g/mol. The van der Waals surface area contributed by atoms with Crippen LogP contribution in [0.1, 0.15) is 34.7 Å². The van der Waals surface area contributed by atoms with Crippen LogP contribution in [0.5, 0.6) is 0 Å². The maximum Gasteiger partial charge on any atom is 0.229 e. The van der Waals surface area contributed by atoms with Crippen LogP contribution in [-0.4, -0.2) is 29.3 Å². The van der Waals surface area contributed by atoms with Crippen molar-refractivity contribution >= 4 is 38.7 Å². The van der Waals surface area contributed by atoms with Crippen LogP contribution in [0.4, 0.5) is 15.8 Å². The first kappa shape index (κ1) is 24.9. The quantitative estimate of drug-likeness (QED) is 0.332. The Hall–Kier alpha value is -3.76. The number of hydrogen-bond donors (Lipinski definition) is 2. The molecule has 2 atom stereocenters. The number of benzene rings is 2. The predicted molar refractivity (Wildman–Crippen MR) is 148 cm³/mol. The van der Waals surface area contributed by atoms with E-state index in [9.17, 15) is 12.8 Å². The zero-order valence-electron chi connectivity index (χ0n) is 20.5. The van der Waals surface area contributed by atoms with Gasteiger partial charge in [-0.3, -0.25) is 9.71 Å². The zero-order chi connectivity index (χ0) is 26.3. The number of aromatic nitrogens is 2. The number of rotatable bonds is 6. The third-order valence-corrected chi connectivity index (χ3v) is 7.32. The first-order valence-corrected chi connectivity index (χ1v) is 14.0. The maximum absolute atomic E-state index is 14.1. The molecule has 0 saturated carbocycles. The SMILES string of the molecule is Cc1cc([C@@H]2[C@@H](c3ccccn3)NC(=S)N2c2ccc(NS(C)(=O)=O)cc2)c(C)n1-c1cccc(F)c1. The molecule has 1 aliphatic heterocycles. The number of nitrogens with one attached hydrogen (secondary N) is 2. The summed E-state index contributed by atoms with van der Waals surface area (Å²) in [4.78, 5) is 6.62. The highest BCUT2D eigenvalue weighted by Gasteiger charge is 2.42. The zero-order valence-corrected chi connectivity index (χ0v) is 22.1. The standard InChI is InChI=1S/C27H26FN5O2S2/c1-17-15-23(18(2)32(17)22-8-6-7-19(28)16-22)26-25(24-9-4-5-14-29-24)30-27(36)33(26)21-12-10-20(11-13-21)31-37(3,34)35/h4-16,25-26,31H,1-3H3,(H,30,36)/t25-,26-/m1/s1. The third-order valence-electron chi connectivity index (χ3n) is 6.40. The Balaban J connectivity index is 1.63. The summed E-state index contributed by atoms with van der Waals surface area (Å²) in [5.41, 5.74) is 5.78. The van der Waals surface area contributed by atoms with Crippen molar-refractivity contribution in [2.75, 3.05) is 15.9 Å². The molecular weight excluding hydrogens is 509 g/mol. The van der Waals surface area contributed by atoms with Gasteiger partial charge in [-0.05, 0) is 92.3 Å². The van der Waals surface area contributed by atoms with E-state index in [2.05, 4.69) is 21.1 Å². The lowest BCUT2D eigenvalue weighted by Gasteiger charge is -2.28. The Morgan fingerprint density at radius 3 is 2.41 bits per heavy atom.